The van der Waals surface area contributed by atoms with Gasteiger partial charge in [-0.1, -0.05) is 39.0 Å². The van der Waals surface area contributed by atoms with Gasteiger partial charge in [0.1, 0.15) is 0 Å². The van der Waals surface area contributed by atoms with Crippen molar-refractivity contribution < 1.29 is 9.90 Å². The molecule has 0 fully saturated rings. The van der Waals surface area contributed by atoms with Crippen molar-refractivity contribution in [3.05, 3.63) is 0 Å². The molecule has 0 aliphatic rings. The second-order valence-electron chi connectivity index (χ2n) is 3.66. The van der Waals surface area contributed by atoms with Crippen LogP contribution in [-0.2, 0) is 4.79 Å². The molecule has 0 aromatic carbocycles. The Bertz CT molecular complexity index is 143. The number of nitrogens with one attached hydrogen (secondary N) is 1. The molecule has 0 atom stereocenters. The maximum absolute atomic E-state index is 10.2. The van der Waals surface area contributed by atoms with Crippen LogP contribution in [0, 0.1) is 0 Å². The third kappa shape index (κ3) is 17.1. The quantitative estimate of drug-likeness (QED) is 0.440. The molecule has 0 saturated carbocycles. The van der Waals surface area contributed by atoms with E-state index in [0.717, 1.165) is 6.54 Å². The van der Waals surface area contributed by atoms with Crippen molar-refractivity contribution >= 4 is 35.5 Å². The van der Waals surface area contributed by atoms with Gasteiger partial charge in [0, 0.05) is 6.54 Å². The van der Waals surface area contributed by atoms with E-state index in [2.05, 4.69) is 12.2 Å². The SMILES string of the molecule is CCCCCCCCNCCC(=O)O.[NaH]. The summed E-state index contributed by atoms with van der Waals surface area (Å²) in [5.41, 5.74) is 0. The van der Waals surface area contributed by atoms with Crippen molar-refractivity contribution in [2.75, 3.05) is 13.1 Å². The first-order valence-electron chi connectivity index (χ1n) is 5.70. The predicted octanol–water partition coefficient (Wildman–Crippen LogP) is 1.76. The first kappa shape index (κ1) is 17.8. The Kier molecular flexibility index (Phi) is 17.1. The molecule has 0 aliphatic carbocycles. The first-order chi connectivity index (χ1) is 6.77. The number of aliphatic carboxylic acids is 1. The first-order valence-corrected chi connectivity index (χ1v) is 5.70. The van der Waals surface area contributed by atoms with Gasteiger partial charge in [0.05, 0.1) is 6.42 Å². The summed E-state index contributed by atoms with van der Waals surface area (Å²) < 4.78 is 0. The Balaban J connectivity index is 0. The third-order valence-electron chi connectivity index (χ3n) is 2.22. The number of hydrogen-bond acceptors (Lipinski definition) is 2. The van der Waals surface area contributed by atoms with Gasteiger partial charge in [-0.25, -0.2) is 0 Å². The van der Waals surface area contributed by atoms with E-state index < -0.39 is 5.97 Å². The Morgan fingerprint density at radius 1 is 1.07 bits per heavy atom. The summed E-state index contributed by atoms with van der Waals surface area (Å²) in [6.45, 7) is 3.77. The number of carbonyl (C=O) groups is 1. The van der Waals surface area contributed by atoms with Crippen LogP contribution in [0.4, 0.5) is 0 Å². The van der Waals surface area contributed by atoms with Crippen LogP contribution in [0.3, 0.4) is 0 Å². The Morgan fingerprint density at radius 3 is 2.27 bits per heavy atom. The molecular weight excluding hydrogens is 201 g/mol. The summed E-state index contributed by atoms with van der Waals surface area (Å²) >= 11 is 0. The van der Waals surface area contributed by atoms with Gasteiger partial charge >= 0.3 is 35.5 Å². The van der Waals surface area contributed by atoms with Crippen molar-refractivity contribution in [2.24, 2.45) is 0 Å². The molecule has 0 saturated heterocycles. The fourth-order valence-electron chi connectivity index (χ4n) is 1.35. The number of carboxylic acid groups (broad SMARTS) is 1. The molecule has 2 N–H and O–H groups in total. The van der Waals surface area contributed by atoms with E-state index in [4.69, 9.17) is 5.11 Å². The van der Waals surface area contributed by atoms with Gasteiger partial charge in [-0.05, 0) is 13.0 Å². The molecular formula is C11H24NNaO2. The average Bonchev–Trinajstić information content (AvgIpc) is 2.15. The molecule has 15 heavy (non-hydrogen) atoms. The van der Waals surface area contributed by atoms with Crippen LogP contribution in [-0.4, -0.2) is 53.7 Å². The zero-order chi connectivity index (χ0) is 10.6. The number of rotatable bonds is 10. The molecule has 0 amide bonds. The molecule has 3 nitrogen and oxygen atoms in total. The summed E-state index contributed by atoms with van der Waals surface area (Å²) in [5, 5.41) is 11.5. The van der Waals surface area contributed by atoms with Gasteiger partial charge in [0.2, 0.25) is 0 Å². The van der Waals surface area contributed by atoms with E-state index in [1.54, 1.807) is 0 Å². The molecule has 0 spiro atoms. The van der Waals surface area contributed by atoms with Gasteiger partial charge in [-0.15, -0.1) is 0 Å². The monoisotopic (exact) mass is 225 g/mol. The second-order valence-corrected chi connectivity index (χ2v) is 3.66. The van der Waals surface area contributed by atoms with E-state index in [1.807, 2.05) is 0 Å². The summed E-state index contributed by atoms with van der Waals surface area (Å²) in [4.78, 5) is 10.2. The molecule has 86 valence electrons. The van der Waals surface area contributed by atoms with Crippen molar-refractivity contribution in [1.82, 2.24) is 5.32 Å². The molecule has 4 heteroatoms. The van der Waals surface area contributed by atoms with Crippen LogP contribution >= 0.6 is 0 Å². The number of hydrogen-bond donors (Lipinski definition) is 2. The van der Waals surface area contributed by atoms with Gasteiger partial charge < -0.3 is 10.4 Å². The molecule has 0 aliphatic heterocycles. The fourth-order valence-corrected chi connectivity index (χ4v) is 1.35. The summed E-state index contributed by atoms with van der Waals surface area (Å²) in [6.07, 6.45) is 7.95. The molecule has 0 aromatic rings. The van der Waals surface area contributed by atoms with Crippen molar-refractivity contribution in [3.8, 4) is 0 Å². The Labute approximate surface area is 115 Å². The zero-order valence-electron chi connectivity index (χ0n) is 9.22. The van der Waals surface area contributed by atoms with Gasteiger partial charge in [0.25, 0.3) is 0 Å². The molecule has 0 bridgehead atoms. The van der Waals surface area contributed by atoms with Crippen LogP contribution in [0.2, 0.25) is 0 Å². The standard InChI is InChI=1S/C11H23NO2.Na.H/c1-2-3-4-5-6-7-9-12-10-8-11(13)14;;/h12H,2-10H2,1H3,(H,13,14);;. The number of carboxylic acids is 1. The third-order valence-corrected chi connectivity index (χ3v) is 2.22. The average molecular weight is 225 g/mol. The van der Waals surface area contributed by atoms with Crippen LogP contribution in [0.25, 0.3) is 0 Å². The molecule has 0 radical (unpaired) electrons. The van der Waals surface area contributed by atoms with Crippen LogP contribution in [0.5, 0.6) is 0 Å². The van der Waals surface area contributed by atoms with E-state index in [0.29, 0.717) is 6.54 Å². The number of unbranched alkanes of at least 4 members (excludes halogenated alkanes) is 5. The van der Waals surface area contributed by atoms with Crippen molar-refractivity contribution in [2.45, 2.75) is 51.9 Å². The zero-order valence-corrected chi connectivity index (χ0v) is 9.22. The molecule has 0 heterocycles. The topological polar surface area (TPSA) is 49.3 Å². The van der Waals surface area contributed by atoms with Crippen molar-refractivity contribution in [3.63, 3.8) is 0 Å². The van der Waals surface area contributed by atoms with E-state index in [-0.39, 0.29) is 36.0 Å². The fraction of sp³-hybridized carbons (Fsp3) is 0.909. The van der Waals surface area contributed by atoms with Gasteiger partial charge in [-0.2, -0.15) is 0 Å². The predicted molar refractivity (Wildman–Crippen MR) is 65.6 cm³/mol. The van der Waals surface area contributed by atoms with E-state index in [9.17, 15) is 4.79 Å². The van der Waals surface area contributed by atoms with E-state index in [1.165, 1.54) is 38.5 Å². The van der Waals surface area contributed by atoms with Crippen LogP contribution < -0.4 is 5.32 Å². The molecule has 0 aromatic heterocycles. The summed E-state index contributed by atoms with van der Waals surface area (Å²) in [5.74, 6) is -0.722. The molecule has 0 rings (SSSR count). The summed E-state index contributed by atoms with van der Waals surface area (Å²) in [6, 6.07) is 0. The Hall–Kier alpha value is 0.430. The van der Waals surface area contributed by atoms with Crippen LogP contribution in [0.15, 0.2) is 0 Å². The van der Waals surface area contributed by atoms with Gasteiger partial charge in [-0.3, -0.25) is 4.79 Å². The maximum atomic E-state index is 10.2. The van der Waals surface area contributed by atoms with E-state index >= 15 is 0 Å². The minimum absolute atomic E-state index is 0. The van der Waals surface area contributed by atoms with Crippen LogP contribution in [0.1, 0.15) is 51.9 Å². The Morgan fingerprint density at radius 2 is 1.67 bits per heavy atom. The summed E-state index contributed by atoms with van der Waals surface area (Å²) in [7, 11) is 0. The molecule has 0 unspecified atom stereocenters. The van der Waals surface area contributed by atoms with Gasteiger partial charge in [0.15, 0.2) is 0 Å². The normalized spacial score (nSPS) is 9.67. The minimum atomic E-state index is -0.722. The van der Waals surface area contributed by atoms with Crippen molar-refractivity contribution in [1.29, 1.82) is 0 Å². The second kappa shape index (κ2) is 14.4.